The van der Waals surface area contributed by atoms with Crippen LogP contribution in [0.4, 0.5) is 5.69 Å². The molecule has 5 nitrogen and oxygen atoms in total. The molecule has 2 N–H and O–H groups in total. The van der Waals surface area contributed by atoms with Gasteiger partial charge in [-0.05, 0) is 30.7 Å². The van der Waals surface area contributed by atoms with Crippen LogP contribution < -0.4 is 0 Å². The molecule has 25 heavy (non-hydrogen) atoms. The number of rotatable bonds is 5. The molecule has 1 atom stereocenters. The number of H-pyrrole nitrogens is 1. The standard InChI is InChI=1S/C18H16BrN3O2S/c1-11(25-10-12-5-3-2-4-6-12)17(23)22-21-16-14-9-13(19)7-8-15(14)20-18(16)24/h2-9,11,20,24H,10H2,1H3/t11-/m1/s1. The number of nitrogens with one attached hydrogen (secondary N) is 1. The second kappa shape index (κ2) is 7.84. The minimum Gasteiger partial charge on any atom is -0.493 e. The van der Waals surface area contributed by atoms with Crippen molar-refractivity contribution >= 4 is 50.2 Å². The van der Waals surface area contributed by atoms with Crippen LogP contribution >= 0.6 is 27.7 Å². The van der Waals surface area contributed by atoms with Gasteiger partial charge in [-0.25, -0.2) is 0 Å². The first kappa shape index (κ1) is 17.7. The normalized spacial score (nSPS) is 12.7. The van der Waals surface area contributed by atoms with Crippen LogP contribution in [0, 0.1) is 0 Å². The monoisotopic (exact) mass is 417 g/mol. The maximum atomic E-state index is 12.2. The van der Waals surface area contributed by atoms with Gasteiger partial charge in [0.1, 0.15) is 0 Å². The summed E-state index contributed by atoms with van der Waals surface area (Å²) in [4.78, 5) is 15.0. The van der Waals surface area contributed by atoms with Gasteiger partial charge in [-0.3, -0.25) is 4.79 Å². The molecule has 1 amide bonds. The average Bonchev–Trinajstić information content (AvgIpc) is 2.93. The molecule has 0 aliphatic rings. The Balaban J connectivity index is 1.70. The fourth-order valence-corrected chi connectivity index (χ4v) is 3.47. The summed E-state index contributed by atoms with van der Waals surface area (Å²) in [5, 5.41) is 18.1. The maximum absolute atomic E-state index is 12.2. The van der Waals surface area contributed by atoms with Crippen LogP contribution in [0.5, 0.6) is 5.88 Å². The molecule has 2 aromatic carbocycles. The van der Waals surface area contributed by atoms with Crippen molar-refractivity contribution in [1.82, 2.24) is 4.98 Å². The molecule has 0 aliphatic heterocycles. The Morgan fingerprint density at radius 2 is 2.04 bits per heavy atom. The maximum Gasteiger partial charge on any atom is 0.277 e. The number of thioether (sulfide) groups is 1. The lowest BCUT2D eigenvalue weighted by Crippen LogP contribution is -2.09. The van der Waals surface area contributed by atoms with Gasteiger partial charge < -0.3 is 10.1 Å². The van der Waals surface area contributed by atoms with Crippen LogP contribution in [0.25, 0.3) is 10.9 Å². The van der Waals surface area contributed by atoms with E-state index in [2.05, 4.69) is 31.1 Å². The lowest BCUT2D eigenvalue weighted by atomic mass is 10.2. The Hall–Kier alpha value is -2.12. The smallest absolute Gasteiger partial charge is 0.277 e. The van der Waals surface area contributed by atoms with E-state index in [-0.39, 0.29) is 22.7 Å². The SMILES string of the molecule is C[C@@H](SCc1ccccc1)C(=O)N=Nc1c(O)[nH]c2ccc(Br)cc12. The Kier molecular flexibility index (Phi) is 5.55. The first-order valence-electron chi connectivity index (χ1n) is 7.66. The van der Waals surface area contributed by atoms with Crippen LogP contribution in [-0.4, -0.2) is 21.2 Å². The minimum atomic E-state index is -0.329. The van der Waals surface area contributed by atoms with Gasteiger partial charge in [-0.1, -0.05) is 46.3 Å². The molecule has 1 heterocycles. The van der Waals surface area contributed by atoms with E-state index in [1.807, 2.05) is 48.5 Å². The fraction of sp³-hybridized carbons (Fsp3) is 0.167. The summed E-state index contributed by atoms with van der Waals surface area (Å²) in [7, 11) is 0. The number of hydrogen-bond donors (Lipinski definition) is 2. The van der Waals surface area contributed by atoms with Crippen molar-refractivity contribution in [2.45, 2.75) is 17.9 Å². The van der Waals surface area contributed by atoms with E-state index >= 15 is 0 Å². The van der Waals surface area contributed by atoms with Gasteiger partial charge in [0.25, 0.3) is 5.91 Å². The van der Waals surface area contributed by atoms with Crippen molar-refractivity contribution in [1.29, 1.82) is 0 Å². The molecule has 0 aliphatic carbocycles. The van der Waals surface area contributed by atoms with Gasteiger partial charge >= 0.3 is 0 Å². The average molecular weight is 418 g/mol. The third kappa shape index (κ3) is 4.29. The fourth-order valence-electron chi connectivity index (χ4n) is 2.28. The van der Waals surface area contributed by atoms with Gasteiger partial charge in [-0.15, -0.1) is 22.0 Å². The number of fused-ring (bicyclic) bond motifs is 1. The summed E-state index contributed by atoms with van der Waals surface area (Å²) in [6, 6.07) is 15.4. The second-order valence-corrected chi connectivity index (χ2v) is 7.73. The summed E-state index contributed by atoms with van der Waals surface area (Å²) in [5.41, 5.74) is 2.15. The number of aromatic nitrogens is 1. The Morgan fingerprint density at radius 3 is 2.80 bits per heavy atom. The number of carbonyl (C=O) groups excluding carboxylic acids is 1. The zero-order valence-corrected chi connectivity index (χ0v) is 15.8. The first-order chi connectivity index (χ1) is 12.0. The molecule has 0 saturated carbocycles. The lowest BCUT2D eigenvalue weighted by molar-refractivity contribution is -0.117. The van der Waals surface area contributed by atoms with Crippen molar-refractivity contribution in [2.75, 3.05) is 0 Å². The van der Waals surface area contributed by atoms with E-state index in [0.717, 1.165) is 21.3 Å². The Morgan fingerprint density at radius 1 is 1.28 bits per heavy atom. The highest BCUT2D eigenvalue weighted by atomic mass is 79.9. The summed E-state index contributed by atoms with van der Waals surface area (Å²) >= 11 is 4.89. The van der Waals surface area contributed by atoms with Crippen LogP contribution in [0.2, 0.25) is 0 Å². The van der Waals surface area contributed by atoms with Crippen LogP contribution in [0.3, 0.4) is 0 Å². The van der Waals surface area contributed by atoms with Crippen LogP contribution in [0.15, 0.2) is 63.2 Å². The molecule has 3 rings (SSSR count). The van der Waals surface area contributed by atoms with E-state index < -0.39 is 0 Å². The molecular formula is C18H16BrN3O2S. The largest absolute Gasteiger partial charge is 0.493 e. The summed E-state index contributed by atoms with van der Waals surface area (Å²) in [6.45, 7) is 1.81. The van der Waals surface area contributed by atoms with E-state index in [0.29, 0.717) is 5.39 Å². The second-order valence-electron chi connectivity index (χ2n) is 5.49. The van der Waals surface area contributed by atoms with E-state index in [4.69, 9.17) is 0 Å². The Labute approximate surface area is 157 Å². The number of carbonyl (C=O) groups is 1. The third-order valence-electron chi connectivity index (χ3n) is 3.65. The van der Waals surface area contributed by atoms with Crippen molar-refractivity contribution in [3.8, 4) is 5.88 Å². The number of halogens is 1. The summed E-state index contributed by atoms with van der Waals surface area (Å²) in [5.74, 6) is 0.299. The van der Waals surface area contributed by atoms with Gasteiger partial charge in [0.05, 0.1) is 10.8 Å². The zero-order valence-electron chi connectivity index (χ0n) is 13.4. The van der Waals surface area contributed by atoms with Crippen molar-refractivity contribution in [3.63, 3.8) is 0 Å². The molecule has 0 bridgehead atoms. The van der Waals surface area contributed by atoms with Crippen LogP contribution in [-0.2, 0) is 10.5 Å². The highest BCUT2D eigenvalue weighted by molar-refractivity contribution is 9.10. The number of aromatic hydroxyl groups is 1. The molecular weight excluding hydrogens is 402 g/mol. The molecule has 0 fully saturated rings. The van der Waals surface area contributed by atoms with Crippen LogP contribution in [0.1, 0.15) is 12.5 Å². The number of benzene rings is 2. The molecule has 0 saturated heterocycles. The van der Waals surface area contributed by atoms with Gasteiger partial charge in [-0.2, -0.15) is 0 Å². The number of amides is 1. The van der Waals surface area contributed by atoms with E-state index in [1.54, 1.807) is 6.92 Å². The predicted molar refractivity (Wildman–Crippen MR) is 104 cm³/mol. The minimum absolute atomic E-state index is 0.103. The highest BCUT2D eigenvalue weighted by Gasteiger charge is 2.15. The van der Waals surface area contributed by atoms with Crippen molar-refractivity contribution in [3.05, 3.63) is 58.6 Å². The van der Waals surface area contributed by atoms with Gasteiger partial charge in [0, 0.05) is 15.6 Å². The quantitative estimate of drug-likeness (QED) is 0.532. The van der Waals surface area contributed by atoms with E-state index in [9.17, 15) is 9.90 Å². The molecule has 1 aromatic heterocycles. The molecule has 7 heteroatoms. The van der Waals surface area contributed by atoms with E-state index in [1.165, 1.54) is 11.8 Å². The number of nitrogens with zero attached hydrogens (tertiary/aromatic N) is 2. The molecule has 0 radical (unpaired) electrons. The van der Waals surface area contributed by atoms with Crippen molar-refractivity contribution < 1.29 is 9.90 Å². The number of azo groups is 1. The zero-order chi connectivity index (χ0) is 17.8. The summed E-state index contributed by atoms with van der Waals surface area (Å²) in [6.07, 6.45) is 0. The Bertz CT molecular complexity index is 925. The predicted octanol–water partition coefficient (Wildman–Crippen LogP) is 5.57. The lowest BCUT2D eigenvalue weighted by Gasteiger charge is -2.06. The molecule has 0 unspecified atom stereocenters. The highest BCUT2D eigenvalue weighted by Crippen LogP contribution is 2.37. The third-order valence-corrected chi connectivity index (χ3v) is 5.35. The molecule has 128 valence electrons. The molecule has 0 spiro atoms. The first-order valence-corrected chi connectivity index (χ1v) is 9.50. The summed E-state index contributed by atoms with van der Waals surface area (Å²) < 4.78 is 0.855. The van der Waals surface area contributed by atoms with Gasteiger partial charge in [0.2, 0.25) is 5.88 Å². The number of aromatic amines is 1. The molecule has 3 aromatic rings. The number of hydrogen-bond acceptors (Lipinski definition) is 4. The topological polar surface area (TPSA) is 77.8 Å². The van der Waals surface area contributed by atoms with Gasteiger partial charge in [0.15, 0.2) is 5.69 Å². The van der Waals surface area contributed by atoms with Crippen molar-refractivity contribution in [2.24, 2.45) is 10.2 Å².